The van der Waals surface area contributed by atoms with Crippen LogP contribution in [-0.2, 0) is 0 Å². The van der Waals surface area contributed by atoms with Gasteiger partial charge in [-0.05, 0) is 51.1 Å². The van der Waals surface area contributed by atoms with Crippen LogP contribution in [0.1, 0.15) is 63.9 Å². The minimum absolute atomic E-state index is 0.352. The van der Waals surface area contributed by atoms with E-state index in [0.717, 1.165) is 12.2 Å². The smallest absolute Gasteiger partial charge is 0.0680 e. The molecule has 1 aliphatic rings. The second kappa shape index (κ2) is 5.66. The predicted octanol–water partition coefficient (Wildman–Crippen LogP) is 3.62. The van der Waals surface area contributed by atoms with Gasteiger partial charge in [-0.25, -0.2) is 0 Å². The summed E-state index contributed by atoms with van der Waals surface area (Å²) in [6.45, 7) is 12.4. The molecule has 3 heteroatoms. The van der Waals surface area contributed by atoms with Gasteiger partial charge in [0.2, 0.25) is 0 Å². The van der Waals surface area contributed by atoms with Crippen molar-refractivity contribution in [2.75, 3.05) is 6.54 Å². The quantitative estimate of drug-likeness (QED) is 0.899. The molecule has 0 aliphatic heterocycles. The van der Waals surface area contributed by atoms with Crippen molar-refractivity contribution in [2.24, 2.45) is 5.41 Å². The SMILES string of the molecule is CCCNC1C(n2nc(C)cc2C)CCCC1(C)C. The van der Waals surface area contributed by atoms with Gasteiger partial charge in [-0.1, -0.05) is 27.2 Å². The fraction of sp³-hybridized carbons (Fsp3) is 0.812. The summed E-state index contributed by atoms with van der Waals surface area (Å²) in [4.78, 5) is 0. The van der Waals surface area contributed by atoms with E-state index in [1.807, 2.05) is 0 Å². The summed E-state index contributed by atoms with van der Waals surface area (Å²) in [6, 6.07) is 3.22. The van der Waals surface area contributed by atoms with Crippen LogP contribution in [0.15, 0.2) is 6.07 Å². The van der Waals surface area contributed by atoms with Gasteiger partial charge in [0.25, 0.3) is 0 Å². The Hall–Kier alpha value is -0.830. The Morgan fingerprint density at radius 2 is 2.16 bits per heavy atom. The lowest BCUT2D eigenvalue weighted by Crippen LogP contribution is -2.51. The molecule has 1 N–H and O–H groups in total. The summed E-state index contributed by atoms with van der Waals surface area (Å²) in [7, 11) is 0. The van der Waals surface area contributed by atoms with Crippen LogP contribution in [0.5, 0.6) is 0 Å². The van der Waals surface area contributed by atoms with Crippen molar-refractivity contribution in [3.63, 3.8) is 0 Å². The molecule has 0 bridgehead atoms. The van der Waals surface area contributed by atoms with Gasteiger partial charge in [0, 0.05) is 11.7 Å². The Morgan fingerprint density at radius 3 is 2.74 bits per heavy atom. The summed E-state index contributed by atoms with van der Waals surface area (Å²) >= 11 is 0. The second-order valence-electron chi connectivity index (χ2n) is 6.75. The molecule has 108 valence electrons. The van der Waals surface area contributed by atoms with E-state index in [-0.39, 0.29) is 0 Å². The van der Waals surface area contributed by atoms with E-state index in [1.54, 1.807) is 0 Å². The highest BCUT2D eigenvalue weighted by Crippen LogP contribution is 2.41. The molecule has 0 saturated heterocycles. The normalized spacial score (nSPS) is 26.6. The van der Waals surface area contributed by atoms with Crippen LogP contribution >= 0.6 is 0 Å². The molecule has 0 spiro atoms. The number of nitrogens with zero attached hydrogens (tertiary/aromatic N) is 2. The Labute approximate surface area is 117 Å². The first-order valence-electron chi connectivity index (χ1n) is 7.72. The second-order valence-corrected chi connectivity index (χ2v) is 6.75. The van der Waals surface area contributed by atoms with Crippen molar-refractivity contribution < 1.29 is 0 Å². The van der Waals surface area contributed by atoms with E-state index < -0.39 is 0 Å². The van der Waals surface area contributed by atoms with E-state index in [0.29, 0.717) is 17.5 Å². The summed E-state index contributed by atoms with van der Waals surface area (Å²) in [5, 5.41) is 8.52. The molecule has 0 radical (unpaired) electrons. The first-order chi connectivity index (χ1) is 8.95. The van der Waals surface area contributed by atoms with Gasteiger partial charge in [0.1, 0.15) is 0 Å². The van der Waals surface area contributed by atoms with Crippen LogP contribution in [0.3, 0.4) is 0 Å². The fourth-order valence-electron chi connectivity index (χ4n) is 3.57. The maximum atomic E-state index is 4.73. The molecule has 1 heterocycles. The standard InChI is InChI=1S/C16H29N3/c1-6-10-17-15-14(8-7-9-16(15,4)5)19-13(3)11-12(2)18-19/h11,14-15,17H,6-10H2,1-5H3. The lowest BCUT2D eigenvalue weighted by Gasteiger charge is -2.45. The number of hydrogen-bond donors (Lipinski definition) is 1. The van der Waals surface area contributed by atoms with E-state index >= 15 is 0 Å². The molecule has 1 aromatic heterocycles. The van der Waals surface area contributed by atoms with Gasteiger partial charge in [0.15, 0.2) is 0 Å². The molecule has 1 saturated carbocycles. The molecule has 0 aromatic carbocycles. The van der Waals surface area contributed by atoms with Gasteiger partial charge in [-0.3, -0.25) is 4.68 Å². The van der Waals surface area contributed by atoms with Crippen LogP contribution in [-0.4, -0.2) is 22.4 Å². The molecule has 1 fully saturated rings. The number of rotatable bonds is 4. The van der Waals surface area contributed by atoms with Crippen LogP contribution in [0.25, 0.3) is 0 Å². The first kappa shape index (κ1) is 14.6. The molecule has 19 heavy (non-hydrogen) atoms. The topological polar surface area (TPSA) is 29.9 Å². The van der Waals surface area contributed by atoms with Crippen LogP contribution < -0.4 is 5.32 Å². The van der Waals surface area contributed by atoms with Crippen molar-refractivity contribution in [3.8, 4) is 0 Å². The molecule has 0 amide bonds. The highest BCUT2D eigenvalue weighted by molar-refractivity contribution is 5.10. The number of aryl methyl sites for hydroxylation is 2. The maximum absolute atomic E-state index is 4.73. The molecule has 2 rings (SSSR count). The third-order valence-corrected chi connectivity index (χ3v) is 4.52. The van der Waals surface area contributed by atoms with E-state index in [2.05, 4.69) is 50.7 Å². The van der Waals surface area contributed by atoms with Crippen molar-refractivity contribution in [1.82, 2.24) is 15.1 Å². The molecule has 2 unspecified atom stereocenters. The van der Waals surface area contributed by atoms with Gasteiger partial charge in [0.05, 0.1) is 11.7 Å². The van der Waals surface area contributed by atoms with Crippen molar-refractivity contribution in [3.05, 3.63) is 17.5 Å². The number of aromatic nitrogens is 2. The van der Waals surface area contributed by atoms with Crippen LogP contribution in [0.2, 0.25) is 0 Å². The Balaban J connectivity index is 2.27. The number of hydrogen-bond acceptors (Lipinski definition) is 2. The van der Waals surface area contributed by atoms with E-state index in [9.17, 15) is 0 Å². The van der Waals surface area contributed by atoms with Crippen molar-refractivity contribution in [2.45, 2.75) is 72.4 Å². The minimum atomic E-state index is 0.352. The van der Waals surface area contributed by atoms with Crippen molar-refractivity contribution in [1.29, 1.82) is 0 Å². The summed E-state index contributed by atoms with van der Waals surface area (Å²) in [5.41, 5.74) is 2.78. The fourth-order valence-corrected chi connectivity index (χ4v) is 3.57. The Morgan fingerprint density at radius 1 is 1.42 bits per heavy atom. The highest BCUT2D eigenvalue weighted by atomic mass is 15.3. The summed E-state index contributed by atoms with van der Waals surface area (Å²) in [5.74, 6) is 0. The maximum Gasteiger partial charge on any atom is 0.0680 e. The third kappa shape index (κ3) is 3.02. The third-order valence-electron chi connectivity index (χ3n) is 4.52. The van der Waals surface area contributed by atoms with Gasteiger partial charge >= 0.3 is 0 Å². The van der Waals surface area contributed by atoms with Crippen LogP contribution in [0.4, 0.5) is 0 Å². The van der Waals surface area contributed by atoms with Crippen LogP contribution in [0, 0.1) is 19.3 Å². The monoisotopic (exact) mass is 263 g/mol. The average Bonchev–Trinajstić information content (AvgIpc) is 2.66. The molecular weight excluding hydrogens is 234 g/mol. The zero-order chi connectivity index (χ0) is 14.0. The molecule has 1 aliphatic carbocycles. The van der Waals surface area contributed by atoms with Gasteiger partial charge in [-0.2, -0.15) is 5.10 Å². The molecule has 1 aromatic rings. The number of nitrogens with one attached hydrogen (secondary N) is 1. The Bertz CT molecular complexity index is 420. The van der Waals surface area contributed by atoms with Gasteiger partial charge < -0.3 is 5.32 Å². The zero-order valence-corrected chi connectivity index (χ0v) is 13.2. The molecule has 3 nitrogen and oxygen atoms in total. The Kier molecular flexibility index (Phi) is 4.34. The first-order valence-corrected chi connectivity index (χ1v) is 7.72. The highest BCUT2D eigenvalue weighted by Gasteiger charge is 2.40. The lowest BCUT2D eigenvalue weighted by atomic mass is 9.70. The molecule has 2 atom stereocenters. The average molecular weight is 263 g/mol. The van der Waals surface area contributed by atoms with Crippen molar-refractivity contribution >= 4 is 0 Å². The zero-order valence-electron chi connectivity index (χ0n) is 13.2. The van der Waals surface area contributed by atoms with E-state index in [1.165, 1.54) is 31.4 Å². The lowest BCUT2D eigenvalue weighted by molar-refractivity contribution is 0.105. The van der Waals surface area contributed by atoms with Gasteiger partial charge in [-0.15, -0.1) is 0 Å². The predicted molar refractivity (Wildman–Crippen MR) is 80.5 cm³/mol. The van der Waals surface area contributed by atoms with E-state index in [4.69, 9.17) is 5.10 Å². The minimum Gasteiger partial charge on any atom is -0.311 e. The molecular formula is C16H29N3. The summed E-state index contributed by atoms with van der Waals surface area (Å²) in [6.07, 6.45) is 5.05. The summed E-state index contributed by atoms with van der Waals surface area (Å²) < 4.78 is 2.27. The largest absolute Gasteiger partial charge is 0.311 e.